The lowest BCUT2D eigenvalue weighted by molar-refractivity contribution is 0.0209. The van der Waals surface area contributed by atoms with Gasteiger partial charge in [0.1, 0.15) is 46.9 Å². The summed E-state index contributed by atoms with van der Waals surface area (Å²) in [5.41, 5.74) is 1.68. The number of alkyl halides is 1. The highest BCUT2D eigenvalue weighted by atomic mass is 19.1. The molecule has 2 aromatic heterocycles. The molecule has 56 heavy (non-hydrogen) atoms. The van der Waals surface area contributed by atoms with E-state index >= 15 is 4.39 Å². The molecule has 4 saturated heterocycles. The van der Waals surface area contributed by atoms with Crippen molar-refractivity contribution >= 4 is 46.0 Å². The maximum Gasteiger partial charge on any atom is 0.410 e. The van der Waals surface area contributed by atoms with Gasteiger partial charge in [-0.2, -0.15) is 15.2 Å². The smallest absolute Gasteiger partial charge is 0.410 e. The molecule has 13 nitrogen and oxygen atoms in total. The molecule has 2 unspecified atom stereocenters. The lowest BCUT2D eigenvalue weighted by Gasteiger charge is -2.42. The highest BCUT2D eigenvalue weighted by molar-refractivity contribution is 6.05. The highest BCUT2D eigenvalue weighted by Gasteiger charge is 2.50. The fourth-order valence-electron chi connectivity index (χ4n) is 9.60. The Hall–Kier alpha value is -5.07. The van der Waals surface area contributed by atoms with E-state index in [2.05, 4.69) is 20.9 Å². The Labute approximate surface area is 323 Å². The zero-order valence-corrected chi connectivity index (χ0v) is 32.4. The summed E-state index contributed by atoms with van der Waals surface area (Å²) in [6, 6.07) is 7.30. The van der Waals surface area contributed by atoms with Crippen LogP contribution in [0.3, 0.4) is 0 Å². The van der Waals surface area contributed by atoms with E-state index in [-0.39, 0.29) is 66.5 Å². The Bertz CT molecular complexity index is 2300. The van der Waals surface area contributed by atoms with Crippen LogP contribution in [0.25, 0.3) is 33.0 Å². The van der Waals surface area contributed by atoms with Gasteiger partial charge in [-0.3, -0.25) is 4.90 Å². The molecule has 1 amide bonds. The zero-order chi connectivity index (χ0) is 39.1. The summed E-state index contributed by atoms with van der Waals surface area (Å²) in [7, 11) is 3.62. The molecule has 4 atom stereocenters. The number of fused-ring (bicyclic) bond motifs is 7. The molecule has 0 spiro atoms. The summed E-state index contributed by atoms with van der Waals surface area (Å²) >= 11 is 0. The molecule has 5 aliphatic rings. The molecular formula is C41H46F2N8O5. The van der Waals surface area contributed by atoms with Gasteiger partial charge in [-0.15, -0.1) is 0 Å². The summed E-state index contributed by atoms with van der Waals surface area (Å²) in [6.07, 6.45) is 3.96. The van der Waals surface area contributed by atoms with Gasteiger partial charge in [-0.05, 0) is 75.8 Å². The van der Waals surface area contributed by atoms with Gasteiger partial charge in [0.05, 0.1) is 30.5 Å². The normalized spacial score (nSPS) is 24.7. The number of likely N-dealkylation sites (tertiary alicyclic amines) is 1. The molecule has 15 heteroatoms. The average Bonchev–Trinajstić information content (AvgIpc) is 3.96. The highest BCUT2D eigenvalue weighted by Crippen LogP contribution is 2.48. The number of hydrogen-bond acceptors (Lipinski definition) is 11. The first-order valence-electron chi connectivity index (χ1n) is 19.4. The van der Waals surface area contributed by atoms with Crippen LogP contribution in [0.15, 0.2) is 27.6 Å². The zero-order valence-electron chi connectivity index (χ0n) is 32.4. The summed E-state index contributed by atoms with van der Waals surface area (Å²) in [5, 5.41) is 11.3. The second kappa shape index (κ2) is 13.5. The second-order valence-corrected chi connectivity index (χ2v) is 17.0. The summed E-state index contributed by atoms with van der Waals surface area (Å²) in [5.74, 6) is 0.0595. The van der Waals surface area contributed by atoms with Crippen LogP contribution in [0, 0.1) is 17.1 Å². The molecular weight excluding hydrogens is 722 g/mol. The average molecular weight is 769 g/mol. The number of carbonyl (C=O) groups excluding carboxylic acids is 1. The van der Waals surface area contributed by atoms with E-state index in [1.54, 1.807) is 34.3 Å². The van der Waals surface area contributed by atoms with Gasteiger partial charge in [0.2, 0.25) is 5.88 Å². The Kier molecular flexibility index (Phi) is 8.85. The van der Waals surface area contributed by atoms with E-state index in [0.29, 0.717) is 59.4 Å². The minimum absolute atomic E-state index is 0.00765. The molecule has 0 aliphatic carbocycles. The Morgan fingerprint density at radius 3 is 2.64 bits per heavy atom. The van der Waals surface area contributed by atoms with Crippen LogP contribution in [-0.4, -0.2) is 113 Å². The number of aliphatic imine (C=N–C) groups is 1. The first kappa shape index (κ1) is 36.6. The quantitative estimate of drug-likeness (QED) is 0.145. The predicted octanol–water partition coefficient (Wildman–Crippen LogP) is 6.85. The van der Waals surface area contributed by atoms with Crippen LogP contribution in [0.4, 0.5) is 25.3 Å². The summed E-state index contributed by atoms with van der Waals surface area (Å²) in [6.45, 7) is 8.08. The van der Waals surface area contributed by atoms with E-state index in [0.717, 1.165) is 37.8 Å². The van der Waals surface area contributed by atoms with Crippen LogP contribution in [-0.2, 0) is 22.7 Å². The minimum atomic E-state index is -0.940. The number of nitrogens with zero attached hydrogens (tertiary/aromatic N) is 8. The van der Waals surface area contributed by atoms with Gasteiger partial charge in [-0.25, -0.2) is 18.6 Å². The lowest BCUT2D eigenvalue weighted by atomic mass is 9.90. The van der Waals surface area contributed by atoms with Crippen molar-refractivity contribution in [1.29, 1.82) is 5.26 Å². The van der Waals surface area contributed by atoms with Gasteiger partial charge >= 0.3 is 12.1 Å². The fourth-order valence-corrected chi connectivity index (χ4v) is 9.60. The maximum absolute atomic E-state index is 17.8. The third kappa shape index (κ3) is 6.08. The topological polar surface area (TPSA) is 133 Å². The van der Waals surface area contributed by atoms with Crippen molar-refractivity contribution in [2.24, 2.45) is 4.99 Å². The number of aromatic nitrogens is 2. The number of ether oxygens (including phenoxy) is 3. The number of hydrogen-bond donors (Lipinski definition) is 0. The molecule has 0 saturated carbocycles. The van der Waals surface area contributed by atoms with Crippen LogP contribution in [0.1, 0.15) is 69.6 Å². The van der Waals surface area contributed by atoms with Crippen molar-refractivity contribution in [2.45, 2.75) is 95.5 Å². The first-order chi connectivity index (χ1) is 26.8. The number of halogens is 2. The second-order valence-electron chi connectivity index (χ2n) is 17.0. The molecule has 4 aromatic rings. The first-order valence-corrected chi connectivity index (χ1v) is 19.4. The third-order valence-corrected chi connectivity index (χ3v) is 11.9. The SMILES string of the molecule is CN(C)C=Nc1oc2cccc(-c3c4c(c5c(N6C7CCC6CN(C(=O)OC(C)(C)C)C7)nc(OC[C@@]67CCCN6C[C@H](F)C7)nc5c3F)COC4)c2c1C#N. The van der Waals surface area contributed by atoms with E-state index in [1.165, 1.54) is 0 Å². The number of furan rings is 1. The third-order valence-electron chi connectivity index (χ3n) is 11.9. The largest absolute Gasteiger partial charge is 0.461 e. The van der Waals surface area contributed by atoms with Crippen LogP contribution in [0.5, 0.6) is 6.01 Å². The standard InChI is InChI=1S/C41H46F2N8O5/c1-40(2,3)56-39(52)49-17-24-10-11-25(18-49)51(24)36-33-29-20-53-19-28(29)32(26-8-6-9-30-31(26)27(15-44)37(55-30)45-22-48(4)5)34(43)35(33)46-38(47-36)54-21-41-12-7-13-50(41)16-23(42)14-41/h6,8-9,22-25H,7,10-14,16-21H2,1-5H3/t23-,24?,25?,41+/m1/s1. The molecule has 4 fully saturated rings. The van der Waals surface area contributed by atoms with E-state index < -0.39 is 23.1 Å². The molecule has 2 bridgehead atoms. The van der Waals surface area contributed by atoms with Crippen molar-refractivity contribution in [2.75, 3.05) is 51.8 Å². The summed E-state index contributed by atoms with van der Waals surface area (Å²) in [4.78, 5) is 35.4. The number of rotatable bonds is 7. The number of piperazine rings is 1. The predicted molar refractivity (Wildman–Crippen MR) is 205 cm³/mol. The Morgan fingerprint density at radius 1 is 1.14 bits per heavy atom. The number of amides is 1. The van der Waals surface area contributed by atoms with Crippen molar-refractivity contribution in [3.05, 3.63) is 40.7 Å². The van der Waals surface area contributed by atoms with Gasteiger partial charge < -0.3 is 33.3 Å². The molecule has 5 aliphatic heterocycles. The van der Waals surface area contributed by atoms with Crippen molar-refractivity contribution in [1.82, 2.24) is 24.7 Å². The number of nitriles is 1. The van der Waals surface area contributed by atoms with E-state index in [9.17, 15) is 14.4 Å². The van der Waals surface area contributed by atoms with Crippen molar-refractivity contribution in [3.63, 3.8) is 0 Å². The molecule has 0 N–H and O–H groups in total. The van der Waals surface area contributed by atoms with Crippen LogP contribution in [0.2, 0.25) is 0 Å². The van der Waals surface area contributed by atoms with Crippen LogP contribution >= 0.6 is 0 Å². The number of benzene rings is 2. The monoisotopic (exact) mass is 768 g/mol. The van der Waals surface area contributed by atoms with Gasteiger partial charge in [0.15, 0.2) is 5.82 Å². The lowest BCUT2D eigenvalue weighted by Crippen LogP contribution is -2.56. The number of anilines is 1. The van der Waals surface area contributed by atoms with Crippen molar-refractivity contribution < 1.29 is 32.2 Å². The van der Waals surface area contributed by atoms with E-state index in [1.807, 2.05) is 34.9 Å². The van der Waals surface area contributed by atoms with E-state index in [4.69, 9.17) is 28.6 Å². The van der Waals surface area contributed by atoms with Crippen LogP contribution < -0.4 is 9.64 Å². The maximum atomic E-state index is 17.8. The molecule has 0 radical (unpaired) electrons. The Morgan fingerprint density at radius 2 is 1.91 bits per heavy atom. The molecule has 7 heterocycles. The fraction of sp³-hybridized carbons (Fsp3) is 0.537. The van der Waals surface area contributed by atoms with Crippen molar-refractivity contribution in [3.8, 4) is 23.2 Å². The van der Waals surface area contributed by atoms with Gasteiger partial charge in [-0.1, -0.05) is 12.1 Å². The Balaban J connectivity index is 1.21. The molecule has 9 rings (SSSR count). The summed E-state index contributed by atoms with van der Waals surface area (Å²) < 4.78 is 56.9. The molecule has 294 valence electrons. The number of carbonyl (C=O) groups is 1. The minimum Gasteiger partial charge on any atom is -0.461 e. The van der Waals surface area contributed by atoms with Gasteiger partial charge in [0, 0.05) is 63.2 Å². The molecule has 2 aromatic carbocycles. The van der Waals surface area contributed by atoms with Gasteiger partial charge in [0.25, 0.3) is 0 Å².